The topological polar surface area (TPSA) is 90.9 Å². The zero-order valence-electron chi connectivity index (χ0n) is 14.8. The predicted octanol–water partition coefficient (Wildman–Crippen LogP) is 2.23. The van der Waals surface area contributed by atoms with Gasteiger partial charge in [0.05, 0.1) is 30.7 Å². The van der Waals surface area contributed by atoms with Crippen LogP contribution in [0.5, 0.6) is 11.5 Å². The van der Waals surface area contributed by atoms with Gasteiger partial charge in [-0.15, -0.1) is 0 Å². The number of esters is 1. The predicted molar refractivity (Wildman–Crippen MR) is 96.1 cm³/mol. The lowest BCUT2D eigenvalue weighted by Crippen LogP contribution is -2.36. The van der Waals surface area contributed by atoms with Crippen molar-refractivity contribution in [1.29, 1.82) is 0 Å². The summed E-state index contributed by atoms with van der Waals surface area (Å²) in [6, 6.07) is 12.2. The average Bonchev–Trinajstić information content (AvgIpc) is 2.65. The summed E-state index contributed by atoms with van der Waals surface area (Å²) in [6.07, 6.45) is 0. The van der Waals surface area contributed by atoms with Crippen LogP contribution in [0.25, 0.3) is 0 Å². The lowest BCUT2D eigenvalue weighted by Gasteiger charge is -2.16. The SMILES string of the molecule is COC(=O)c1cccc(S(=O)(=O)N[C@H](C)COc2ccccc2OC)c1. The molecule has 0 spiro atoms. The van der Waals surface area contributed by atoms with Crippen LogP contribution in [0.1, 0.15) is 17.3 Å². The minimum Gasteiger partial charge on any atom is -0.493 e. The number of methoxy groups -OCH3 is 2. The normalized spacial score (nSPS) is 12.3. The summed E-state index contributed by atoms with van der Waals surface area (Å²) in [5.74, 6) is 0.483. The summed E-state index contributed by atoms with van der Waals surface area (Å²) < 4.78 is 42.9. The molecule has 7 nitrogen and oxygen atoms in total. The maximum absolute atomic E-state index is 12.5. The summed E-state index contributed by atoms with van der Waals surface area (Å²) in [5, 5.41) is 0. The van der Waals surface area contributed by atoms with E-state index in [0.717, 1.165) is 0 Å². The van der Waals surface area contributed by atoms with Crippen LogP contribution < -0.4 is 14.2 Å². The number of hydrogen-bond donors (Lipinski definition) is 1. The van der Waals surface area contributed by atoms with Crippen molar-refractivity contribution in [2.75, 3.05) is 20.8 Å². The van der Waals surface area contributed by atoms with Crippen molar-refractivity contribution in [2.24, 2.45) is 0 Å². The fourth-order valence-corrected chi connectivity index (χ4v) is 3.50. The highest BCUT2D eigenvalue weighted by Gasteiger charge is 2.20. The number of benzene rings is 2. The third-order valence-corrected chi connectivity index (χ3v) is 5.07. The molecule has 0 saturated heterocycles. The molecule has 0 aliphatic carbocycles. The molecule has 8 heteroatoms. The van der Waals surface area contributed by atoms with Gasteiger partial charge in [0, 0.05) is 0 Å². The third-order valence-electron chi connectivity index (χ3n) is 3.48. The first-order valence-electron chi connectivity index (χ1n) is 7.84. The van der Waals surface area contributed by atoms with Crippen molar-refractivity contribution >= 4 is 16.0 Å². The minimum atomic E-state index is -3.81. The van der Waals surface area contributed by atoms with Crippen molar-refractivity contribution in [2.45, 2.75) is 17.9 Å². The van der Waals surface area contributed by atoms with E-state index in [-0.39, 0.29) is 17.1 Å². The van der Waals surface area contributed by atoms with E-state index in [1.165, 1.54) is 38.5 Å². The highest BCUT2D eigenvalue weighted by Crippen LogP contribution is 2.25. The molecule has 0 aliphatic rings. The molecule has 0 fully saturated rings. The van der Waals surface area contributed by atoms with Crippen LogP contribution in [-0.2, 0) is 14.8 Å². The van der Waals surface area contributed by atoms with E-state index >= 15 is 0 Å². The zero-order valence-corrected chi connectivity index (χ0v) is 15.6. The first-order chi connectivity index (χ1) is 12.4. The molecule has 140 valence electrons. The number of nitrogens with one attached hydrogen (secondary N) is 1. The molecule has 1 N–H and O–H groups in total. The van der Waals surface area contributed by atoms with E-state index in [1.807, 2.05) is 6.07 Å². The summed E-state index contributed by atoms with van der Waals surface area (Å²) in [6.45, 7) is 1.79. The van der Waals surface area contributed by atoms with Gasteiger partial charge in [0.15, 0.2) is 11.5 Å². The molecule has 0 bridgehead atoms. The quantitative estimate of drug-likeness (QED) is 0.708. The smallest absolute Gasteiger partial charge is 0.337 e. The monoisotopic (exact) mass is 379 g/mol. The molecular formula is C18H21NO6S. The van der Waals surface area contributed by atoms with Gasteiger partial charge in [-0.1, -0.05) is 18.2 Å². The van der Waals surface area contributed by atoms with Gasteiger partial charge in [-0.2, -0.15) is 0 Å². The standard InChI is InChI=1S/C18H21NO6S/c1-13(12-25-17-10-5-4-9-16(17)23-2)19-26(21,22)15-8-6-7-14(11-15)18(20)24-3/h4-11,13,19H,12H2,1-3H3/t13-/m1/s1. The maximum Gasteiger partial charge on any atom is 0.337 e. The number of para-hydroxylation sites is 2. The Bertz CT molecular complexity index is 865. The summed E-state index contributed by atoms with van der Waals surface area (Å²) in [5.41, 5.74) is 0.160. The number of ether oxygens (including phenoxy) is 3. The van der Waals surface area contributed by atoms with Crippen molar-refractivity contribution in [1.82, 2.24) is 4.72 Å². The molecule has 2 aromatic carbocycles. The highest BCUT2D eigenvalue weighted by molar-refractivity contribution is 7.89. The first-order valence-corrected chi connectivity index (χ1v) is 9.32. The fraction of sp³-hybridized carbons (Fsp3) is 0.278. The van der Waals surface area contributed by atoms with Crippen LogP contribution in [0.3, 0.4) is 0 Å². The van der Waals surface area contributed by atoms with E-state index in [0.29, 0.717) is 11.5 Å². The Morgan fingerprint density at radius 3 is 2.42 bits per heavy atom. The van der Waals surface area contributed by atoms with Gasteiger partial charge in [-0.3, -0.25) is 0 Å². The number of sulfonamides is 1. The molecule has 26 heavy (non-hydrogen) atoms. The molecule has 0 unspecified atom stereocenters. The molecule has 0 aromatic heterocycles. The van der Waals surface area contributed by atoms with E-state index in [2.05, 4.69) is 9.46 Å². The van der Waals surface area contributed by atoms with Crippen LogP contribution in [0.2, 0.25) is 0 Å². The van der Waals surface area contributed by atoms with Crippen LogP contribution in [0, 0.1) is 0 Å². The van der Waals surface area contributed by atoms with Gasteiger partial charge in [-0.25, -0.2) is 17.9 Å². The lowest BCUT2D eigenvalue weighted by molar-refractivity contribution is 0.0600. The van der Waals surface area contributed by atoms with Crippen LogP contribution >= 0.6 is 0 Å². The average molecular weight is 379 g/mol. The highest BCUT2D eigenvalue weighted by atomic mass is 32.2. The number of rotatable bonds is 8. The van der Waals surface area contributed by atoms with Gasteiger partial charge in [-0.05, 0) is 37.3 Å². The largest absolute Gasteiger partial charge is 0.493 e. The zero-order chi connectivity index (χ0) is 19.2. The molecule has 0 aliphatic heterocycles. The molecule has 0 radical (unpaired) electrons. The van der Waals surface area contributed by atoms with Crippen molar-refractivity contribution in [3.8, 4) is 11.5 Å². The number of carbonyl (C=O) groups is 1. The van der Waals surface area contributed by atoms with E-state index in [9.17, 15) is 13.2 Å². The van der Waals surface area contributed by atoms with Crippen LogP contribution in [0.4, 0.5) is 0 Å². The van der Waals surface area contributed by atoms with E-state index in [1.54, 1.807) is 25.1 Å². The molecule has 0 heterocycles. The second kappa shape index (κ2) is 8.68. The Labute approximate surface area is 152 Å². The Kier molecular flexibility index (Phi) is 6.59. The van der Waals surface area contributed by atoms with Crippen molar-refractivity contribution in [3.63, 3.8) is 0 Å². The second-order valence-electron chi connectivity index (χ2n) is 5.50. The van der Waals surface area contributed by atoms with E-state index < -0.39 is 22.0 Å². The van der Waals surface area contributed by atoms with Crippen molar-refractivity contribution in [3.05, 3.63) is 54.1 Å². The molecule has 0 amide bonds. The summed E-state index contributed by atoms with van der Waals surface area (Å²) in [7, 11) is -1.05. The Balaban J connectivity index is 2.05. The first kappa shape index (κ1) is 19.7. The Morgan fingerprint density at radius 1 is 1.08 bits per heavy atom. The van der Waals surface area contributed by atoms with Crippen molar-refractivity contribution < 1.29 is 27.4 Å². The summed E-state index contributed by atoms with van der Waals surface area (Å²) >= 11 is 0. The molecule has 1 atom stereocenters. The second-order valence-corrected chi connectivity index (χ2v) is 7.22. The van der Waals surface area contributed by atoms with Gasteiger partial charge in [0.25, 0.3) is 0 Å². The number of hydrogen-bond acceptors (Lipinski definition) is 6. The minimum absolute atomic E-state index is 0.0236. The van der Waals surface area contributed by atoms with Crippen LogP contribution in [-0.4, -0.2) is 41.3 Å². The van der Waals surface area contributed by atoms with Gasteiger partial charge in [0.2, 0.25) is 10.0 Å². The molecule has 2 rings (SSSR count). The molecule has 2 aromatic rings. The maximum atomic E-state index is 12.5. The fourth-order valence-electron chi connectivity index (χ4n) is 2.23. The van der Waals surface area contributed by atoms with E-state index in [4.69, 9.17) is 9.47 Å². The Morgan fingerprint density at radius 2 is 1.77 bits per heavy atom. The van der Waals surface area contributed by atoms with Gasteiger partial charge in [0.1, 0.15) is 6.61 Å². The third kappa shape index (κ3) is 4.96. The van der Waals surface area contributed by atoms with Gasteiger partial charge >= 0.3 is 5.97 Å². The van der Waals surface area contributed by atoms with Gasteiger partial charge < -0.3 is 14.2 Å². The molecule has 0 saturated carbocycles. The lowest BCUT2D eigenvalue weighted by atomic mass is 10.2. The molecular weight excluding hydrogens is 358 g/mol. The summed E-state index contributed by atoms with van der Waals surface area (Å²) in [4.78, 5) is 11.5. The van der Waals surface area contributed by atoms with Crippen LogP contribution in [0.15, 0.2) is 53.4 Å². The number of carbonyl (C=O) groups excluding carboxylic acids is 1. The Hall–Kier alpha value is -2.58.